The van der Waals surface area contributed by atoms with Crippen molar-refractivity contribution in [2.45, 2.75) is 51.7 Å². The van der Waals surface area contributed by atoms with Gasteiger partial charge in [0.25, 0.3) is 11.5 Å². The quantitative estimate of drug-likeness (QED) is 0.447. The highest BCUT2D eigenvalue weighted by Crippen LogP contribution is 2.27. The van der Waals surface area contributed by atoms with Gasteiger partial charge in [-0.2, -0.15) is 0 Å². The van der Waals surface area contributed by atoms with E-state index >= 15 is 0 Å². The molecule has 2 saturated heterocycles. The van der Waals surface area contributed by atoms with Gasteiger partial charge in [-0.1, -0.05) is 29.8 Å². The number of pyridine rings is 1. The lowest BCUT2D eigenvalue weighted by atomic mass is 9.99. The second-order valence-electron chi connectivity index (χ2n) is 9.87. The number of fused-ring (bicyclic) bond motifs is 1. The van der Waals surface area contributed by atoms with E-state index in [4.69, 9.17) is 25.8 Å². The van der Waals surface area contributed by atoms with E-state index in [2.05, 4.69) is 27.1 Å². The molecule has 2 aliphatic rings. The van der Waals surface area contributed by atoms with Gasteiger partial charge in [0, 0.05) is 22.3 Å². The average molecular weight is 515 g/mol. The molecule has 0 spiro atoms. The molecule has 0 aliphatic carbocycles. The van der Waals surface area contributed by atoms with Crippen molar-refractivity contribution in [1.29, 1.82) is 0 Å². The third-order valence-electron chi connectivity index (χ3n) is 6.79. The van der Waals surface area contributed by atoms with E-state index < -0.39 is 6.29 Å². The minimum Gasteiger partial charge on any atom is -0.377 e. The fourth-order valence-corrected chi connectivity index (χ4v) is 5.23. The van der Waals surface area contributed by atoms with Crippen LogP contribution in [0.25, 0.3) is 10.9 Å². The van der Waals surface area contributed by atoms with Crippen LogP contribution in [0.5, 0.6) is 0 Å². The normalized spacial score (nSPS) is 21.3. The Labute approximate surface area is 214 Å². The van der Waals surface area contributed by atoms with Gasteiger partial charge in [0.05, 0.1) is 67.2 Å². The van der Waals surface area contributed by atoms with E-state index in [-0.39, 0.29) is 29.6 Å². The molecule has 1 amide bonds. The Morgan fingerprint density at radius 2 is 1.94 bits per heavy atom. The van der Waals surface area contributed by atoms with Crippen LogP contribution < -0.4 is 16.2 Å². The first-order chi connectivity index (χ1) is 17.2. The number of rotatable bonds is 7. The first kappa shape index (κ1) is 25.0. The number of aromatic nitrogens is 2. The number of halogens is 1. The Morgan fingerprint density at radius 1 is 1.22 bits per heavy atom. The molecule has 5 rings (SSSR count). The van der Waals surface area contributed by atoms with Gasteiger partial charge < -0.3 is 34.4 Å². The smallest absolute Gasteiger partial charge is 0.254 e. The minimum atomic E-state index is -0.427. The molecule has 2 aromatic heterocycles. The highest BCUT2D eigenvalue weighted by atomic mass is 35.5. The molecule has 0 saturated carbocycles. The van der Waals surface area contributed by atoms with Crippen molar-refractivity contribution in [2.75, 3.05) is 26.4 Å². The van der Waals surface area contributed by atoms with E-state index in [0.717, 1.165) is 16.6 Å². The van der Waals surface area contributed by atoms with Gasteiger partial charge in [0.15, 0.2) is 6.29 Å². The Bertz CT molecular complexity index is 1340. The lowest BCUT2D eigenvalue weighted by molar-refractivity contribution is -0.202. The van der Waals surface area contributed by atoms with Crippen LogP contribution in [0.4, 0.5) is 0 Å². The van der Waals surface area contributed by atoms with Crippen LogP contribution in [0.1, 0.15) is 34.2 Å². The summed E-state index contributed by atoms with van der Waals surface area (Å²) < 4.78 is 19.4. The van der Waals surface area contributed by atoms with Gasteiger partial charge in [-0.25, -0.2) is 0 Å². The van der Waals surface area contributed by atoms with Gasteiger partial charge in [0.2, 0.25) is 0 Å². The van der Waals surface area contributed by atoms with Crippen LogP contribution in [-0.4, -0.2) is 59.8 Å². The molecule has 0 radical (unpaired) electrons. The number of carbonyl (C=O) groups excluding carboxylic acids is 1. The van der Waals surface area contributed by atoms with E-state index in [1.807, 2.05) is 31.2 Å². The largest absolute Gasteiger partial charge is 0.377 e. The maximum atomic E-state index is 13.3. The van der Waals surface area contributed by atoms with E-state index in [9.17, 15) is 9.59 Å². The number of ether oxygens (including phenoxy) is 3. The fourth-order valence-electron chi connectivity index (χ4n) is 4.92. The fraction of sp³-hybridized carbons (Fsp3) is 0.462. The third-order valence-corrected chi connectivity index (χ3v) is 7.13. The van der Waals surface area contributed by atoms with Gasteiger partial charge in [0.1, 0.15) is 0 Å². The molecule has 0 unspecified atom stereocenters. The molecule has 10 heteroatoms. The Balaban J connectivity index is 1.31. The van der Waals surface area contributed by atoms with Crippen molar-refractivity contribution in [2.24, 2.45) is 0 Å². The summed E-state index contributed by atoms with van der Waals surface area (Å²) in [6.45, 7) is 8.74. The maximum Gasteiger partial charge on any atom is 0.254 e. The summed E-state index contributed by atoms with van der Waals surface area (Å²) in [6, 6.07) is 9.52. The summed E-state index contributed by atoms with van der Waals surface area (Å²) in [4.78, 5) is 28.3. The lowest BCUT2D eigenvalue weighted by Gasteiger charge is -2.43. The van der Waals surface area contributed by atoms with Crippen molar-refractivity contribution in [1.82, 2.24) is 20.2 Å². The van der Waals surface area contributed by atoms with Crippen molar-refractivity contribution in [3.05, 3.63) is 68.2 Å². The van der Waals surface area contributed by atoms with Crippen LogP contribution in [0.15, 0.2) is 35.1 Å². The molecule has 192 valence electrons. The monoisotopic (exact) mass is 514 g/mol. The van der Waals surface area contributed by atoms with Crippen LogP contribution in [0.2, 0.25) is 5.02 Å². The summed E-state index contributed by atoms with van der Waals surface area (Å²) in [5, 5.41) is 7.56. The van der Waals surface area contributed by atoms with Gasteiger partial charge in [-0.05, 0) is 32.9 Å². The predicted molar refractivity (Wildman–Crippen MR) is 136 cm³/mol. The van der Waals surface area contributed by atoms with Gasteiger partial charge >= 0.3 is 0 Å². The number of nitrogens with one attached hydrogen (secondary N) is 3. The van der Waals surface area contributed by atoms with Crippen molar-refractivity contribution in [3.8, 4) is 0 Å². The molecule has 1 aromatic carbocycles. The zero-order valence-corrected chi connectivity index (χ0v) is 21.4. The van der Waals surface area contributed by atoms with E-state index in [1.54, 1.807) is 13.0 Å². The SMILES string of the molecule is Cc1cc(Cl)c(CNC(=O)c2c(C)n(CC3OCC(NC4(C)COC4)CO3)c3ccccc23)c(=O)[nH]1. The van der Waals surface area contributed by atoms with E-state index in [0.29, 0.717) is 54.8 Å². The standard InChI is InChI=1S/C26H31ClN4O5/c1-15-8-20(27)19(24(32)29-15)9-28-25(33)23-16(2)31(21-7-5-4-6-18(21)23)10-22-35-11-17(12-36-22)30-26(3)13-34-14-26/h4-8,17,22,30H,9-14H2,1-3H3,(H,28,33)(H,29,32). The van der Waals surface area contributed by atoms with Crippen molar-refractivity contribution >= 4 is 28.4 Å². The molecule has 2 fully saturated rings. The number of H-pyrrole nitrogens is 1. The van der Waals surface area contributed by atoms with Crippen LogP contribution >= 0.6 is 11.6 Å². The highest BCUT2D eigenvalue weighted by molar-refractivity contribution is 6.31. The summed E-state index contributed by atoms with van der Waals surface area (Å²) in [7, 11) is 0. The van der Waals surface area contributed by atoms with Crippen LogP contribution in [0, 0.1) is 13.8 Å². The number of nitrogens with zero attached hydrogens (tertiary/aromatic N) is 1. The Morgan fingerprint density at radius 3 is 2.61 bits per heavy atom. The average Bonchev–Trinajstić information content (AvgIpc) is 3.09. The predicted octanol–water partition coefficient (Wildman–Crippen LogP) is 2.65. The summed E-state index contributed by atoms with van der Waals surface area (Å²) in [6.07, 6.45) is -0.427. The first-order valence-electron chi connectivity index (χ1n) is 12.1. The number of hydrogen-bond acceptors (Lipinski definition) is 6. The van der Waals surface area contributed by atoms with Gasteiger partial charge in [-0.15, -0.1) is 0 Å². The molecule has 36 heavy (non-hydrogen) atoms. The number of carbonyl (C=O) groups is 1. The van der Waals surface area contributed by atoms with Gasteiger partial charge in [-0.3, -0.25) is 9.59 Å². The van der Waals surface area contributed by atoms with Crippen molar-refractivity contribution in [3.63, 3.8) is 0 Å². The molecule has 3 aromatic rings. The Hall–Kier alpha value is -2.69. The molecule has 9 nitrogen and oxygen atoms in total. The lowest BCUT2D eigenvalue weighted by Crippen LogP contribution is -2.63. The minimum absolute atomic E-state index is 0.0204. The summed E-state index contributed by atoms with van der Waals surface area (Å²) >= 11 is 6.25. The molecule has 0 atom stereocenters. The molecule has 2 aliphatic heterocycles. The maximum absolute atomic E-state index is 13.3. The van der Waals surface area contributed by atoms with Crippen LogP contribution in [0.3, 0.4) is 0 Å². The molecule has 0 bridgehead atoms. The second kappa shape index (κ2) is 9.99. The Kier molecular flexibility index (Phi) is 6.93. The summed E-state index contributed by atoms with van der Waals surface area (Å²) in [5.41, 5.74) is 2.93. The first-order valence-corrected chi connectivity index (χ1v) is 12.4. The zero-order valence-electron chi connectivity index (χ0n) is 20.7. The second-order valence-corrected chi connectivity index (χ2v) is 10.3. The van der Waals surface area contributed by atoms with E-state index in [1.165, 1.54) is 0 Å². The number of hydrogen-bond donors (Lipinski definition) is 3. The highest BCUT2D eigenvalue weighted by Gasteiger charge is 2.37. The molecule has 3 N–H and O–H groups in total. The third kappa shape index (κ3) is 4.94. The topological polar surface area (TPSA) is 107 Å². The van der Waals surface area contributed by atoms with Crippen molar-refractivity contribution < 1.29 is 19.0 Å². The summed E-state index contributed by atoms with van der Waals surface area (Å²) in [5.74, 6) is -0.274. The zero-order chi connectivity index (χ0) is 25.4. The number of benzene rings is 1. The number of aromatic amines is 1. The number of aryl methyl sites for hydroxylation is 1. The molecular weight excluding hydrogens is 484 g/mol. The molecular formula is C26H31ClN4O5. The molecule has 4 heterocycles. The van der Waals surface area contributed by atoms with Crippen LogP contribution in [-0.2, 0) is 27.3 Å². The number of amides is 1. The number of para-hydroxylation sites is 1.